The summed E-state index contributed by atoms with van der Waals surface area (Å²) in [5, 5.41) is 2.28. The molecule has 0 atom stereocenters. The van der Waals surface area contributed by atoms with Gasteiger partial charge in [-0.15, -0.1) is 0 Å². The predicted molar refractivity (Wildman–Crippen MR) is 57.4 cm³/mol. The molecule has 0 spiro atoms. The summed E-state index contributed by atoms with van der Waals surface area (Å²) in [7, 11) is 0. The first-order valence-electron chi connectivity index (χ1n) is 5.09. The smallest absolute Gasteiger partial charge is 0.240 e. The number of amides is 2. The average Bonchev–Trinajstić information content (AvgIpc) is 2.20. The van der Waals surface area contributed by atoms with Crippen LogP contribution in [0.4, 0.5) is 0 Å². The molecule has 0 unspecified atom stereocenters. The van der Waals surface area contributed by atoms with Gasteiger partial charge in [-0.25, -0.2) is 0 Å². The lowest BCUT2D eigenvalue weighted by molar-refractivity contribution is -0.136. The maximum Gasteiger partial charge on any atom is 0.240 e. The summed E-state index contributed by atoms with van der Waals surface area (Å²) in [6.07, 6.45) is 3.50. The molecule has 1 N–H and O–H groups in total. The Balaban J connectivity index is 2.07. The number of aryl methyl sites for hydroxylation is 1. The number of nitrogens with zero attached hydrogens (tertiary/aromatic N) is 2. The van der Waals surface area contributed by atoms with Gasteiger partial charge in [-0.3, -0.25) is 24.8 Å². The van der Waals surface area contributed by atoms with Crippen LogP contribution < -0.4 is 5.32 Å². The molecule has 0 bridgehead atoms. The van der Waals surface area contributed by atoms with Crippen LogP contribution in [0.25, 0.3) is 0 Å². The normalized spacial score (nSPS) is 17.3. The molecule has 5 heteroatoms. The second-order valence-electron chi connectivity index (χ2n) is 3.92. The van der Waals surface area contributed by atoms with Gasteiger partial charge in [0.15, 0.2) is 0 Å². The molecule has 0 radical (unpaired) electrons. The van der Waals surface area contributed by atoms with Gasteiger partial charge in [0, 0.05) is 18.9 Å². The van der Waals surface area contributed by atoms with E-state index in [1.165, 1.54) is 0 Å². The molecule has 16 heavy (non-hydrogen) atoms. The largest absolute Gasteiger partial charge is 0.294 e. The second-order valence-corrected chi connectivity index (χ2v) is 3.92. The van der Waals surface area contributed by atoms with E-state index in [0.29, 0.717) is 6.54 Å². The van der Waals surface area contributed by atoms with E-state index in [1.54, 1.807) is 12.4 Å². The molecule has 1 aromatic rings. The van der Waals surface area contributed by atoms with Crippen LogP contribution in [0.3, 0.4) is 0 Å². The minimum Gasteiger partial charge on any atom is -0.294 e. The number of imide groups is 1. The van der Waals surface area contributed by atoms with E-state index in [4.69, 9.17) is 0 Å². The Morgan fingerprint density at radius 3 is 2.69 bits per heavy atom. The molecule has 5 nitrogen and oxygen atoms in total. The van der Waals surface area contributed by atoms with Crippen LogP contribution in [0.1, 0.15) is 11.1 Å². The van der Waals surface area contributed by atoms with Crippen molar-refractivity contribution in [2.45, 2.75) is 13.5 Å². The van der Waals surface area contributed by atoms with Gasteiger partial charge in [0.1, 0.15) is 0 Å². The van der Waals surface area contributed by atoms with Crippen LogP contribution in [0.15, 0.2) is 18.5 Å². The molecule has 0 aliphatic carbocycles. The van der Waals surface area contributed by atoms with E-state index in [-0.39, 0.29) is 24.9 Å². The van der Waals surface area contributed by atoms with E-state index in [0.717, 1.165) is 11.1 Å². The maximum atomic E-state index is 11.2. The van der Waals surface area contributed by atoms with Crippen molar-refractivity contribution in [1.29, 1.82) is 0 Å². The van der Waals surface area contributed by atoms with Gasteiger partial charge in [-0.1, -0.05) is 0 Å². The number of nitrogens with one attached hydrogen (secondary N) is 1. The van der Waals surface area contributed by atoms with Gasteiger partial charge in [0.05, 0.1) is 13.1 Å². The SMILES string of the molecule is Cc1cnccc1CN1CC(=O)NC(=O)C1. The number of aromatic nitrogens is 1. The van der Waals surface area contributed by atoms with Gasteiger partial charge in [0.2, 0.25) is 11.8 Å². The van der Waals surface area contributed by atoms with Crippen LogP contribution in [-0.2, 0) is 16.1 Å². The van der Waals surface area contributed by atoms with Gasteiger partial charge in [-0.05, 0) is 24.1 Å². The number of carbonyl (C=O) groups is 2. The standard InChI is InChI=1S/C11H13N3O2/c1-8-4-12-3-2-9(8)5-14-6-10(15)13-11(16)7-14/h2-4H,5-7H2,1H3,(H,13,15,16). The molecule has 2 heterocycles. The van der Waals surface area contributed by atoms with E-state index in [1.807, 2.05) is 17.9 Å². The molecule has 1 aliphatic rings. The van der Waals surface area contributed by atoms with Crippen LogP contribution in [0, 0.1) is 6.92 Å². The summed E-state index contributed by atoms with van der Waals surface area (Å²) in [4.78, 5) is 28.2. The maximum absolute atomic E-state index is 11.2. The number of piperazine rings is 1. The summed E-state index contributed by atoms with van der Waals surface area (Å²) in [6.45, 7) is 3.11. The van der Waals surface area contributed by atoms with E-state index in [2.05, 4.69) is 10.3 Å². The molecule has 0 aromatic carbocycles. The number of hydrogen-bond acceptors (Lipinski definition) is 4. The van der Waals surface area contributed by atoms with Crippen LogP contribution in [0.2, 0.25) is 0 Å². The van der Waals surface area contributed by atoms with E-state index >= 15 is 0 Å². The predicted octanol–water partition coefficient (Wildman–Crippen LogP) is -0.152. The first-order chi connectivity index (χ1) is 7.65. The fourth-order valence-corrected chi connectivity index (χ4v) is 1.73. The Labute approximate surface area is 93.5 Å². The molecule has 2 rings (SSSR count). The van der Waals surface area contributed by atoms with Crippen molar-refractivity contribution >= 4 is 11.8 Å². The minimum absolute atomic E-state index is 0.233. The highest BCUT2D eigenvalue weighted by Crippen LogP contribution is 2.09. The van der Waals surface area contributed by atoms with Crippen molar-refractivity contribution in [3.63, 3.8) is 0 Å². The van der Waals surface area contributed by atoms with Crippen molar-refractivity contribution in [2.24, 2.45) is 0 Å². The van der Waals surface area contributed by atoms with E-state index in [9.17, 15) is 9.59 Å². The van der Waals surface area contributed by atoms with Crippen LogP contribution in [-0.4, -0.2) is 34.8 Å². The zero-order valence-corrected chi connectivity index (χ0v) is 9.06. The van der Waals surface area contributed by atoms with Gasteiger partial charge in [-0.2, -0.15) is 0 Å². The fraction of sp³-hybridized carbons (Fsp3) is 0.364. The lowest BCUT2D eigenvalue weighted by Gasteiger charge is -2.25. The monoisotopic (exact) mass is 219 g/mol. The highest BCUT2D eigenvalue weighted by atomic mass is 16.2. The summed E-state index contributed by atoms with van der Waals surface area (Å²) < 4.78 is 0. The molecule has 1 aromatic heterocycles. The Morgan fingerprint density at radius 1 is 1.38 bits per heavy atom. The lowest BCUT2D eigenvalue weighted by Crippen LogP contribution is -2.50. The Hall–Kier alpha value is -1.75. The molecule has 0 saturated carbocycles. The van der Waals surface area contributed by atoms with E-state index < -0.39 is 0 Å². The summed E-state index contributed by atoms with van der Waals surface area (Å²) in [5.74, 6) is -0.467. The van der Waals surface area contributed by atoms with Crippen LogP contribution in [0.5, 0.6) is 0 Å². The zero-order valence-electron chi connectivity index (χ0n) is 9.06. The first kappa shape index (κ1) is 10.8. The van der Waals surface area contributed by atoms with Crippen molar-refractivity contribution in [1.82, 2.24) is 15.2 Å². The Morgan fingerprint density at radius 2 is 2.06 bits per heavy atom. The Bertz CT molecular complexity index is 415. The third kappa shape index (κ3) is 2.43. The summed E-state index contributed by atoms with van der Waals surface area (Å²) in [6, 6.07) is 1.91. The van der Waals surface area contributed by atoms with Gasteiger partial charge >= 0.3 is 0 Å². The van der Waals surface area contributed by atoms with Crippen molar-refractivity contribution in [2.75, 3.05) is 13.1 Å². The number of carbonyl (C=O) groups excluding carboxylic acids is 2. The highest BCUT2D eigenvalue weighted by Gasteiger charge is 2.22. The van der Waals surface area contributed by atoms with Crippen LogP contribution >= 0.6 is 0 Å². The number of rotatable bonds is 2. The summed E-state index contributed by atoms with van der Waals surface area (Å²) in [5.41, 5.74) is 2.17. The first-order valence-corrected chi connectivity index (χ1v) is 5.09. The Kier molecular flexibility index (Phi) is 2.96. The average molecular weight is 219 g/mol. The third-order valence-corrected chi connectivity index (χ3v) is 2.54. The fourth-order valence-electron chi connectivity index (χ4n) is 1.73. The zero-order chi connectivity index (χ0) is 11.5. The lowest BCUT2D eigenvalue weighted by atomic mass is 10.1. The van der Waals surface area contributed by atoms with Crippen molar-refractivity contribution in [3.05, 3.63) is 29.6 Å². The molecule has 1 saturated heterocycles. The van der Waals surface area contributed by atoms with Crippen molar-refractivity contribution in [3.8, 4) is 0 Å². The molecule has 2 amide bonds. The number of hydrogen-bond donors (Lipinski definition) is 1. The molecular formula is C11H13N3O2. The second kappa shape index (κ2) is 4.40. The van der Waals surface area contributed by atoms with Gasteiger partial charge < -0.3 is 0 Å². The topological polar surface area (TPSA) is 62.3 Å². The molecule has 1 aliphatic heterocycles. The molecular weight excluding hydrogens is 206 g/mol. The van der Waals surface area contributed by atoms with Gasteiger partial charge in [0.25, 0.3) is 0 Å². The molecule has 1 fully saturated rings. The molecule has 84 valence electrons. The number of pyridine rings is 1. The quantitative estimate of drug-likeness (QED) is 0.703. The third-order valence-electron chi connectivity index (χ3n) is 2.54. The van der Waals surface area contributed by atoms with Crippen molar-refractivity contribution < 1.29 is 9.59 Å². The highest BCUT2D eigenvalue weighted by molar-refractivity contribution is 5.99. The summed E-state index contributed by atoms with van der Waals surface area (Å²) >= 11 is 0. The minimum atomic E-state index is -0.233.